The van der Waals surface area contributed by atoms with Gasteiger partial charge in [0.15, 0.2) is 0 Å². The van der Waals surface area contributed by atoms with Crippen LogP contribution < -0.4 is 10.6 Å². The molecule has 23 heavy (non-hydrogen) atoms. The van der Waals surface area contributed by atoms with Crippen molar-refractivity contribution >= 4 is 24.1 Å². The molecule has 122 valence electrons. The number of likely N-dealkylation sites (tertiary alicyclic amines) is 1. The number of nitrogens with zero attached hydrogens (tertiary/aromatic N) is 4. The summed E-state index contributed by atoms with van der Waals surface area (Å²) >= 11 is 0. The summed E-state index contributed by atoms with van der Waals surface area (Å²) < 4.78 is 0. The Morgan fingerprint density at radius 1 is 1.39 bits per heavy atom. The second-order valence-corrected chi connectivity index (χ2v) is 5.02. The lowest BCUT2D eigenvalue weighted by molar-refractivity contribution is -0.130. The van der Waals surface area contributed by atoms with Crippen LogP contribution in [-0.4, -0.2) is 48.0 Å². The Balaban J connectivity index is 0.00000264. The first-order chi connectivity index (χ1) is 10.7. The zero-order valence-corrected chi connectivity index (χ0v) is 13.5. The minimum Gasteiger partial charge on any atom is -0.369 e. The van der Waals surface area contributed by atoms with Gasteiger partial charge < -0.3 is 15.5 Å². The van der Waals surface area contributed by atoms with Gasteiger partial charge in [0.2, 0.25) is 5.91 Å². The molecule has 0 bridgehead atoms. The van der Waals surface area contributed by atoms with Crippen molar-refractivity contribution in [3.8, 4) is 12.1 Å². The lowest BCUT2D eigenvalue weighted by Crippen LogP contribution is -2.41. The molecule has 1 atom stereocenters. The number of amides is 1. The van der Waals surface area contributed by atoms with Gasteiger partial charge >= 0.3 is 0 Å². The van der Waals surface area contributed by atoms with E-state index in [2.05, 4.69) is 21.7 Å². The number of nitriles is 2. The van der Waals surface area contributed by atoms with Crippen molar-refractivity contribution in [1.29, 1.82) is 10.5 Å². The van der Waals surface area contributed by atoms with Crippen molar-refractivity contribution in [3.63, 3.8) is 0 Å². The standard InChI is InChI=1S/C15H18N6O.ClH/c16-8-12-3-4-14(20-10-12)19-6-5-18-11-15(22)21-7-1-2-13(21)9-17;/h3-4,10,13,18H,1-2,5-7,11H2,(H,19,20);1H. The molecule has 2 N–H and O–H groups in total. The topological polar surface area (TPSA) is 105 Å². The van der Waals surface area contributed by atoms with Crippen LogP contribution in [0.15, 0.2) is 18.3 Å². The summed E-state index contributed by atoms with van der Waals surface area (Å²) in [7, 11) is 0. The maximum absolute atomic E-state index is 12.0. The second kappa shape index (κ2) is 9.62. The van der Waals surface area contributed by atoms with E-state index < -0.39 is 0 Å². The Labute approximate surface area is 141 Å². The molecule has 7 nitrogen and oxygen atoms in total. The van der Waals surface area contributed by atoms with E-state index in [-0.39, 0.29) is 30.9 Å². The largest absolute Gasteiger partial charge is 0.369 e. The summed E-state index contributed by atoms with van der Waals surface area (Å²) in [4.78, 5) is 17.7. The van der Waals surface area contributed by atoms with Gasteiger partial charge in [-0.05, 0) is 25.0 Å². The van der Waals surface area contributed by atoms with Gasteiger partial charge in [0.25, 0.3) is 0 Å². The number of hydrogen-bond donors (Lipinski definition) is 2. The van der Waals surface area contributed by atoms with Gasteiger partial charge in [-0.25, -0.2) is 4.98 Å². The van der Waals surface area contributed by atoms with E-state index in [0.29, 0.717) is 31.0 Å². The molecule has 2 rings (SSSR count). The van der Waals surface area contributed by atoms with Gasteiger partial charge in [0.05, 0.1) is 18.2 Å². The summed E-state index contributed by atoms with van der Waals surface area (Å²) in [6, 6.07) is 7.34. The molecule has 1 fully saturated rings. The maximum atomic E-state index is 12.0. The summed E-state index contributed by atoms with van der Waals surface area (Å²) in [5.41, 5.74) is 0.520. The number of carbonyl (C=O) groups excluding carboxylic acids is 1. The normalized spacial score (nSPS) is 16.1. The fourth-order valence-corrected chi connectivity index (χ4v) is 2.34. The van der Waals surface area contributed by atoms with Gasteiger partial charge in [0, 0.05) is 25.8 Å². The predicted octanol–water partition coefficient (Wildman–Crippen LogP) is 0.891. The Morgan fingerprint density at radius 3 is 2.87 bits per heavy atom. The van der Waals surface area contributed by atoms with Crippen molar-refractivity contribution in [2.24, 2.45) is 0 Å². The van der Waals surface area contributed by atoms with E-state index in [4.69, 9.17) is 10.5 Å². The second-order valence-electron chi connectivity index (χ2n) is 5.02. The number of pyridine rings is 1. The number of rotatable bonds is 6. The molecule has 1 aliphatic heterocycles. The van der Waals surface area contributed by atoms with Gasteiger partial charge in [-0.1, -0.05) is 0 Å². The third-order valence-electron chi connectivity index (χ3n) is 3.50. The van der Waals surface area contributed by atoms with E-state index >= 15 is 0 Å². The van der Waals surface area contributed by atoms with Crippen LogP contribution in [0.1, 0.15) is 18.4 Å². The molecule has 1 aliphatic rings. The average Bonchev–Trinajstić information content (AvgIpc) is 3.03. The number of aromatic nitrogens is 1. The van der Waals surface area contributed by atoms with Crippen LogP contribution in [0.25, 0.3) is 0 Å². The minimum atomic E-state index is -0.268. The molecular formula is C15H19ClN6O. The molecule has 0 radical (unpaired) electrons. The molecule has 0 aliphatic carbocycles. The summed E-state index contributed by atoms with van der Waals surface area (Å²) in [6.07, 6.45) is 3.18. The third-order valence-corrected chi connectivity index (χ3v) is 3.50. The number of anilines is 1. The highest BCUT2D eigenvalue weighted by Crippen LogP contribution is 2.15. The van der Waals surface area contributed by atoms with E-state index in [0.717, 1.165) is 12.8 Å². The molecule has 0 spiro atoms. The van der Waals surface area contributed by atoms with Gasteiger partial charge in [-0.3, -0.25) is 4.79 Å². The molecule has 1 unspecified atom stereocenters. The average molecular weight is 335 g/mol. The zero-order chi connectivity index (χ0) is 15.8. The monoisotopic (exact) mass is 334 g/mol. The highest BCUT2D eigenvalue weighted by molar-refractivity contribution is 5.85. The Hall–Kier alpha value is -2.35. The van der Waals surface area contributed by atoms with E-state index in [9.17, 15) is 4.79 Å². The first-order valence-corrected chi connectivity index (χ1v) is 7.24. The molecule has 8 heteroatoms. The van der Waals surface area contributed by atoms with Crippen molar-refractivity contribution in [2.75, 3.05) is 31.5 Å². The number of halogens is 1. The predicted molar refractivity (Wildman–Crippen MR) is 87.9 cm³/mol. The summed E-state index contributed by atoms with van der Waals surface area (Å²) in [5, 5.41) is 23.8. The van der Waals surface area contributed by atoms with E-state index in [1.54, 1.807) is 17.0 Å². The van der Waals surface area contributed by atoms with Crippen molar-refractivity contribution in [2.45, 2.75) is 18.9 Å². The fraction of sp³-hybridized carbons (Fsp3) is 0.467. The molecule has 1 saturated heterocycles. The number of nitrogens with one attached hydrogen (secondary N) is 2. The first-order valence-electron chi connectivity index (χ1n) is 7.24. The minimum absolute atomic E-state index is 0. The maximum Gasteiger partial charge on any atom is 0.237 e. The van der Waals surface area contributed by atoms with Crippen LogP contribution in [0.3, 0.4) is 0 Å². The molecule has 1 aromatic heterocycles. The summed E-state index contributed by atoms with van der Waals surface area (Å²) in [5.74, 6) is 0.664. The number of hydrogen-bond acceptors (Lipinski definition) is 6. The molecular weight excluding hydrogens is 316 g/mol. The van der Waals surface area contributed by atoms with Crippen molar-refractivity contribution < 1.29 is 4.79 Å². The SMILES string of the molecule is Cl.N#Cc1ccc(NCCNCC(=O)N2CCCC2C#N)nc1. The van der Waals surface area contributed by atoms with Crippen LogP contribution in [0.5, 0.6) is 0 Å². The quantitative estimate of drug-likeness (QED) is 0.749. The first kappa shape index (κ1) is 18.7. The smallest absolute Gasteiger partial charge is 0.237 e. The van der Waals surface area contributed by atoms with E-state index in [1.165, 1.54) is 6.20 Å². The Morgan fingerprint density at radius 2 is 2.22 bits per heavy atom. The molecule has 0 saturated carbocycles. The molecule has 0 aromatic carbocycles. The van der Waals surface area contributed by atoms with Crippen LogP contribution >= 0.6 is 12.4 Å². The number of carbonyl (C=O) groups is 1. The van der Waals surface area contributed by atoms with Crippen LogP contribution in [0, 0.1) is 22.7 Å². The van der Waals surface area contributed by atoms with Crippen molar-refractivity contribution in [3.05, 3.63) is 23.9 Å². The lowest BCUT2D eigenvalue weighted by atomic mass is 10.2. The highest BCUT2D eigenvalue weighted by atomic mass is 35.5. The zero-order valence-electron chi connectivity index (χ0n) is 12.7. The van der Waals surface area contributed by atoms with Crippen LogP contribution in [0.4, 0.5) is 5.82 Å². The van der Waals surface area contributed by atoms with E-state index in [1.807, 2.05) is 6.07 Å². The van der Waals surface area contributed by atoms with Crippen LogP contribution in [-0.2, 0) is 4.79 Å². The van der Waals surface area contributed by atoms with Gasteiger partial charge in [0.1, 0.15) is 17.9 Å². The molecule has 1 amide bonds. The molecule has 1 aromatic rings. The Bertz CT molecular complexity index is 591. The van der Waals surface area contributed by atoms with Crippen molar-refractivity contribution in [1.82, 2.24) is 15.2 Å². The van der Waals surface area contributed by atoms with Gasteiger partial charge in [-0.2, -0.15) is 10.5 Å². The van der Waals surface area contributed by atoms with Gasteiger partial charge in [-0.15, -0.1) is 12.4 Å². The summed E-state index contributed by atoms with van der Waals surface area (Å²) in [6.45, 7) is 2.14. The lowest BCUT2D eigenvalue weighted by Gasteiger charge is -2.19. The Kier molecular flexibility index (Phi) is 7.82. The molecule has 2 heterocycles. The highest BCUT2D eigenvalue weighted by Gasteiger charge is 2.27. The fourth-order valence-electron chi connectivity index (χ4n) is 2.34. The third kappa shape index (κ3) is 5.41. The van der Waals surface area contributed by atoms with Crippen LogP contribution in [0.2, 0.25) is 0 Å².